The van der Waals surface area contributed by atoms with Gasteiger partial charge in [0.2, 0.25) is 0 Å². The van der Waals surface area contributed by atoms with Crippen LogP contribution in [0, 0.1) is 11.3 Å². The van der Waals surface area contributed by atoms with Gasteiger partial charge < -0.3 is 10.1 Å². The van der Waals surface area contributed by atoms with E-state index in [0.29, 0.717) is 6.10 Å². The molecular weight excluding hydrogens is 202 g/mol. The van der Waals surface area contributed by atoms with Crippen molar-refractivity contribution in [1.82, 2.24) is 10.2 Å². The molecule has 2 heterocycles. The molecule has 2 rings (SSSR count). The quantitative estimate of drug-likeness (QED) is 0.764. The summed E-state index contributed by atoms with van der Waals surface area (Å²) in [4.78, 5) is 2.30. The Bertz CT molecular complexity index is 245. The summed E-state index contributed by atoms with van der Waals surface area (Å²) in [6, 6.07) is 2.43. The van der Waals surface area contributed by atoms with Crippen molar-refractivity contribution in [2.45, 2.75) is 37.8 Å². The van der Waals surface area contributed by atoms with E-state index in [1.54, 1.807) is 0 Å². The third kappa shape index (κ3) is 3.18. The smallest absolute Gasteiger partial charge is 0.110 e. The van der Waals surface area contributed by atoms with Gasteiger partial charge in [-0.05, 0) is 32.2 Å². The maximum atomic E-state index is 9.02. The Morgan fingerprint density at radius 3 is 3.19 bits per heavy atom. The topological polar surface area (TPSA) is 48.3 Å². The molecule has 4 nitrogen and oxygen atoms in total. The first-order valence-electron chi connectivity index (χ1n) is 6.36. The zero-order valence-corrected chi connectivity index (χ0v) is 9.82. The monoisotopic (exact) mass is 223 g/mol. The molecule has 4 heteroatoms. The highest BCUT2D eigenvalue weighted by molar-refractivity contribution is 4.96. The molecule has 2 fully saturated rings. The molecule has 2 aliphatic rings. The number of nitrogens with zero attached hydrogens (tertiary/aromatic N) is 2. The number of nitrogens with one attached hydrogen (secondary N) is 1. The minimum Gasteiger partial charge on any atom is -0.378 e. The Labute approximate surface area is 97.6 Å². The first kappa shape index (κ1) is 11.8. The highest BCUT2D eigenvalue weighted by atomic mass is 16.5. The molecular formula is C12H21N3O. The van der Waals surface area contributed by atoms with Crippen LogP contribution in [-0.2, 0) is 4.74 Å². The molecule has 1 N–H and O–H groups in total. The lowest BCUT2D eigenvalue weighted by atomic mass is 10.1. The largest absolute Gasteiger partial charge is 0.378 e. The molecule has 2 unspecified atom stereocenters. The molecule has 0 amide bonds. The summed E-state index contributed by atoms with van der Waals surface area (Å²) in [6.45, 7) is 4.82. The number of hydrogen-bond donors (Lipinski definition) is 1. The van der Waals surface area contributed by atoms with Gasteiger partial charge in [-0.15, -0.1) is 0 Å². The van der Waals surface area contributed by atoms with Crippen LogP contribution in [0.2, 0.25) is 0 Å². The second-order valence-electron chi connectivity index (χ2n) is 4.66. The minimum absolute atomic E-state index is 0.0678. The highest BCUT2D eigenvalue weighted by Gasteiger charge is 2.22. The van der Waals surface area contributed by atoms with Gasteiger partial charge in [-0.1, -0.05) is 0 Å². The van der Waals surface area contributed by atoms with Crippen LogP contribution in [0.15, 0.2) is 0 Å². The lowest BCUT2D eigenvalue weighted by molar-refractivity contribution is 0.0960. The summed E-state index contributed by atoms with van der Waals surface area (Å²) >= 11 is 0. The van der Waals surface area contributed by atoms with Crippen LogP contribution in [-0.4, -0.2) is 49.8 Å². The van der Waals surface area contributed by atoms with Crippen molar-refractivity contribution in [2.24, 2.45) is 0 Å². The number of hydrogen-bond acceptors (Lipinski definition) is 4. The lowest BCUT2D eigenvalue weighted by Crippen LogP contribution is -2.50. The molecule has 2 atom stereocenters. The number of rotatable bonds is 4. The molecule has 0 aromatic heterocycles. The second kappa shape index (κ2) is 6.19. The summed E-state index contributed by atoms with van der Waals surface area (Å²) in [5, 5.41) is 12.3. The summed E-state index contributed by atoms with van der Waals surface area (Å²) in [7, 11) is 0. The first-order chi connectivity index (χ1) is 7.90. The van der Waals surface area contributed by atoms with Gasteiger partial charge in [-0.3, -0.25) is 4.90 Å². The molecule has 0 aromatic carbocycles. The maximum absolute atomic E-state index is 9.02. The average Bonchev–Trinajstić information content (AvgIpc) is 2.83. The molecule has 2 aliphatic heterocycles. The molecule has 0 bridgehead atoms. The van der Waals surface area contributed by atoms with Crippen molar-refractivity contribution in [2.75, 3.05) is 32.8 Å². The van der Waals surface area contributed by atoms with Crippen LogP contribution in [0.25, 0.3) is 0 Å². The third-order valence-electron chi connectivity index (χ3n) is 3.50. The normalized spacial score (nSPS) is 31.4. The fourth-order valence-electron chi connectivity index (χ4n) is 2.54. The summed E-state index contributed by atoms with van der Waals surface area (Å²) in [5.74, 6) is 0. The lowest BCUT2D eigenvalue weighted by Gasteiger charge is -2.32. The van der Waals surface area contributed by atoms with Crippen molar-refractivity contribution >= 4 is 0 Å². The van der Waals surface area contributed by atoms with Crippen LogP contribution in [0.3, 0.4) is 0 Å². The van der Waals surface area contributed by atoms with E-state index in [-0.39, 0.29) is 6.04 Å². The third-order valence-corrected chi connectivity index (χ3v) is 3.50. The Hall–Kier alpha value is -0.630. The molecule has 0 radical (unpaired) electrons. The second-order valence-corrected chi connectivity index (χ2v) is 4.66. The summed E-state index contributed by atoms with van der Waals surface area (Å²) < 4.78 is 5.60. The molecule has 0 spiro atoms. The molecule has 0 aliphatic carbocycles. The van der Waals surface area contributed by atoms with Gasteiger partial charge in [0.05, 0.1) is 12.2 Å². The molecule has 90 valence electrons. The van der Waals surface area contributed by atoms with Crippen LogP contribution in [0.5, 0.6) is 0 Å². The van der Waals surface area contributed by atoms with Gasteiger partial charge in [0, 0.05) is 26.2 Å². The van der Waals surface area contributed by atoms with Gasteiger partial charge in [0.1, 0.15) is 6.04 Å². The predicted octanol–water partition coefficient (Wildman–Crippen LogP) is 0.743. The molecule has 2 saturated heterocycles. The van der Waals surface area contributed by atoms with E-state index >= 15 is 0 Å². The number of ether oxygens (including phenoxy) is 1. The van der Waals surface area contributed by atoms with E-state index in [1.165, 1.54) is 12.8 Å². The van der Waals surface area contributed by atoms with Gasteiger partial charge in [-0.25, -0.2) is 0 Å². The molecule has 0 aromatic rings. The maximum Gasteiger partial charge on any atom is 0.110 e. The van der Waals surface area contributed by atoms with Gasteiger partial charge in [-0.2, -0.15) is 5.26 Å². The van der Waals surface area contributed by atoms with Crippen molar-refractivity contribution in [3.05, 3.63) is 0 Å². The Kier molecular flexibility index (Phi) is 4.58. The van der Waals surface area contributed by atoms with Crippen molar-refractivity contribution < 1.29 is 4.74 Å². The van der Waals surface area contributed by atoms with E-state index < -0.39 is 0 Å². The van der Waals surface area contributed by atoms with Gasteiger partial charge >= 0.3 is 0 Å². The van der Waals surface area contributed by atoms with Crippen molar-refractivity contribution in [1.29, 1.82) is 5.26 Å². The minimum atomic E-state index is 0.0678. The average molecular weight is 223 g/mol. The van der Waals surface area contributed by atoms with E-state index in [9.17, 15) is 0 Å². The van der Waals surface area contributed by atoms with Gasteiger partial charge in [0.15, 0.2) is 0 Å². The Balaban J connectivity index is 1.65. The molecule has 16 heavy (non-hydrogen) atoms. The zero-order chi connectivity index (χ0) is 11.2. The fraction of sp³-hybridized carbons (Fsp3) is 0.917. The van der Waals surface area contributed by atoms with Crippen molar-refractivity contribution in [3.8, 4) is 6.07 Å². The summed E-state index contributed by atoms with van der Waals surface area (Å²) in [5.41, 5.74) is 0. The van der Waals surface area contributed by atoms with Crippen LogP contribution in [0.4, 0.5) is 0 Å². The highest BCUT2D eigenvalue weighted by Crippen LogP contribution is 2.17. The number of nitriles is 1. The summed E-state index contributed by atoms with van der Waals surface area (Å²) in [6.07, 6.45) is 5.25. The van der Waals surface area contributed by atoms with Crippen molar-refractivity contribution in [3.63, 3.8) is 0 Å². The SMILES string of the molecule is N#CC1CNCCN1CCCC1CCCO1. The van der Waals surface area contributed by atoms with Crippen LogP contribution < -0.4 is 5.32 Å². The van der Waals surface area contributed by atoms with E-state index in [4.69, 9.17) is 10.00 Å². The van der Waals surface area contributed by atoms with Crippen LogP contribution in [0.1, 0.15) is 25.7 Å². The standard InChI is InChI=1S/C12H21N3O/c13-9-11-10-14-5-7-15(11)6-1-3-12-4-2-8-16-12/h11-12,14H,1-8,10H2. The van der Waals surface area contributed by atoms with E-state index in [2.05, 4.69) is 16.3 Å². The van der Waals surface area contributed by atoms with E-state index in [1.807, 2.05) is 0 Å². The molecule has 0 saturated carbocycles. The fourth-order valence-corrected chi connectivity index (χ4v) is 2.54. The Morgan fingerprint density at radius 1 is 1.50 bits per heavy atom. The Morgan fingerprint density at radius 2 is 2.44 bits per heavy atom. The number of piperazine rings is 1. The van der Waals surface area contributed by atoms with Crippen LogP contribution >= 0.6 is 0 Å². The predicted molar refractivity (Wildman–Crippen MR) is 62.1 cm³/mol. The first-order valence-corrected chi connectivity index (χ1v) is 6.36. The van der Waals surface area contributed by atoms with Gasteiger partial charge in [0.25, 0.3) is 0 Å². The zero-order valence-electron chi connectivity index (χ0n) is 9.82. The van der Waals surface area contributed by atoms with E-state index in [0.717, 1.165) is 45.6 Å².